The number of benzene rings is 2. The summed E-state index contributed by atoms with van der Waals surface area (Å²) in [6, 6.07) is 18.6. The first-order valence-electron chi connectivity index (χ1n) is 8.79. The minimum atomic E-state index is -0.273. The minimum Gasteiger partial charge on any atom is -0.497 e. The van der Waals surface area contributed by atoms with Crippen LogP contribution < -0.4 is 20.1 Å². The van der Waals surface area contributed by atoms with E-state index < -0.39 is 0 Å². The number of methoxy groups -OCH3 is 2. The van der Waals surface area contributed by atoms with E-state index in [1.165, 1.54) is 0 Å². The maximum Gasteiger partial charge on any atom is 0.272 e. The Kier molecular flexibility index (Phi) is 6.41. The van der Waals surface area contributed by atoms with Gasteiger partial charge in [-0.1, -0.05) is 24.3 Å². The summed E-state index contributed by atoms with van der Waals surface area (Å²) in [7, 11) is 3.25. The van der Waals surface area contributed by atoms with Gasteiger partial charge in [-0.15, -0.1) is 10.2 Å². The standard InChI is InChI=1S/C21H22N4O3/c1-27-17-7-3-15(4-8-17)13-22-20-12-11-19(24-25-20)21(26)23-14-16-5-9-18(28-2)10-6-16/h3-12H,13-14H2,1-2H3,(H,22,25)(H,23,26). The van der Waals surface area contributed by atoms with Crippen molar-refractivity contribution in [2.24, 2.45) is 0 Å². The maximum absolute atomic E-state index is 12.2. The molecule has 7 nitrogen and oxygen atoms in total. The average Bonchev–Trinajstić information content (AvgIpc) is 2.77. The molecule has 28 heavy (non-hydrogen) atoms. The normalized spacial score (nSPS) is 10.2. The summed E-state index contributed by atoms with van der Waals surface area (Å²) >= 11 is 0. The van der Waals surface area contributed by atoms with Gasteiger partial charge in [0.2, 0.25) is 0 Å². The first-order chi connectivity index (χ1) is 13.7. The molecular formula is C21H22N4O3. The zero-order chi connectivity index (χ0) is 19.8. The summed E-state index contributed by atoms with van der Waals surface area (Å²) in [5.74, 6) is 1.92. The molecule has 0 atom stereocenters. The number of nitrogens with zero attached hydrogens (tertiary/aromatic N) is 2. The molecule has 144 valence electrons. The van der Waals surface area contributed by atoms with Crippen LogP contribution >= 0.6 is 0 Å². The van der Waals surface area contributed by atoms with Crippen LogP contribution in [0.2, 0.25) is 0 Å². The average molecular weight is 378 g/mol. The molecule has 7 heteroatoms. The molecule has 0 fully saturated rings. The van der Waals surface area contributed by atoms with E-state index >= 15 is 0 Å². The van der Waals surface area contributed by atoms with Crippen molar-refractivity contribution in [2.45, 2.75) is 13.1 Å². The number of hydrogen-bond donors (Lipinski definition) is 2. The van der Waals surface area contributed by atoms with E-state index in [-0.39, 0.29) is 11.6 Å². The first-order valence-corrected chi connectivity index (χ1v) is 8.79. The SMILES string of the molecule is COc1ccc(CNC(=O)c2ccc(NCc3ccc(OC)cc3)nn2)cc1. The second kappa shape index (κ2) is 9.36. The van der Waals surface area contributed by atoms with Crippen molar-refractivity contribution in [3.63, 3.8) is 0 Å². The van der Waals surface area contributed by atoms with Gasteiger partial charge in [0.25, 0.3) is 5.91 Å². The minimum absolute atomic E-state index is 0.267. The van der Waals surface area contributed by atoms with Crippen LogP contribution in [-0.4, -0.2) is 30.3 Å². The van der Waals surface area contributed by atoms with Gasteiger partial charge in [-0.2, -0.15) is 0 Å². The highest BCUT2D eigenvalue weighted by molar-refractivity contribution is 5.92. The molecule has 0 saturated carbocycles. The Balaban J connectivity index is 1.50. The van der Waals surface area contributed by atoms with E-state index in [1.54, 1.807) is 26.4 Å². The van der Waals surface area contributed by atoms with Crippen molar-refractivity contribution in [1.82, 2.24) is 15.5 Å². The Labute approximate surface area is 163 Å². The largest absolute Gasteiger partial charge is 0.497 e. The van der Waals surface area contributed by atoms with Gasteiger partial charge in [0.15, 0.2) is 5.69 Å². The van der Waals surface area contributed by atoms with Crippen molar-refractivity contribution in [3.8, 4) is 11.5 Å². The molecule has 0 unspecified atom stereocenters. The Morgan fingerprint density at radius 2 is 1.36 bits per heavy atom. The van der Waals surface area contributed by atoms with Crippen molar-refractivity contribution in [1.29, 1.82) is 0 Å². The molecule has 1 aromatic heterocycles. The van der Waals surface area contributed by atoms with Crippen molar-refractivity contribution in [2.75, 3.05) is 19.5 Å². The monoisotopic (exact) mass is 378 g/mol. The third-order valence-corrected chi connectivity index (χ3v) is 4.14. The highest BCUT2D eigenvalue weighted by atomic mass is 16.5. The fourth-order valence-corrected chi connectivity index (χ4v) is 2.50. The maximum atomic E-state index is 12.2. The molecule has 0 spiro atoms. The molecule has 2 aromatic carbocycles. The molecule has 3 aromatic rings. The highest BCUT2D eigenvalue weighted by Gasteiger charge is 2.08. The van der Waals surface area contributed by atoms with Crippen LogP contribution in [0.3, 0.4) is 0 Å². The second-order valence-corrected chi connectivity index (χ2v) is 6.04. The molecule has 2 N–H and O–H groups in total. The van der Waals surface area contributed by atoms with E-state index in [0.717, 1.165) is 22.6 Å². The lowest BCUT2D eigenvalue weighted by molar-refractivity contribution is 0.0945. The molecule has 1 heterocycles. The quantitative estimate of drug-likeness (QED) is 0.627. The van der Waals surface area contributed by atoms with Crippen LogP contribution in [0, 0.1) is 0 Å². The number of rotatable bonds is 8. The van der Waals surface area contributed by atoms with E-state index in [4.69, 9.17) is 9.47 Å². The van der Waals surface area contributed by atoms with Gasteiger partial charge in [0.1, 0.15) is 17.3 Å². The Bertz CT molecular complexity index is 894. The Morgan fingerprint density at radius 3 is 1.86 bits per heavy atom. The van der Waals surface area contributed by atoms with Crippen LogP contribution in [0.5, 0.6) is 11.5 Å². The fourth-order valence-electron chi connectivity index (χ4n) is 2.50. The Hall–Kier alpha value is -3.61. The molecule has 1 amide bonds. The van der Waals surface area contributed by atoms with Gasteiger partial charge >= 0.3 is 0 Å². The number of aromatic nitrogens is 2. The number of anilines is 1. The first kappa shape index (κ1) is 19.2. The molecule has 0 radical (unpaired) electrons. The molecule has 0 aliphatic carbocycles. The molecule has 0 aliphatic heterocycles. The topological polar surface area (TPSA) is 85.4 Å². The lowest BCUT2D eigenvalue weighted by Crippen LogP contribution is -2.24. The number of amides is 1. The summed E-state index contributed by atoms with van der Waals surface area (Å²) in [5, 5.41) is 14.1. The van der Waals surface area contributed by atoms with Crippen LogP contribution in [0.1, 0.15) is 21.6 Å². The molecule has 3 rings (SSSR count). The summed E-state index contributed by atoms with van der Waals surface area (Å²) in [5.41, 5.74) is 2.33. The Morgan fingerprint density at radius 1 is 0.786 bits per heavy atom. The predicted octanol–water partition coefficient (Wildman–Crippen LogP) is 3.04. The number of nitrogens with one attached hydrogen (secondary N) is 2. The van der Waals surface area contributed by atoms with E-state index in [9.17, 15) is 4.79 Å². The number of carbonyl (C=O) groups excluding carboxylic acids is 1. The molecular weight excluding hydrogens is 356 g/mol. The van der Waals surface area contributed by atoms with Crippen LogP contribution in [0.15, 0.2) is 60.7 Å². The van der Waals surface area contributed by atoms with Crippen molar-refractivity contribution < 1.29 is 14.3 Å². The number of carbonyl (C=O) groups is 1. The van der Waals surface area contributed by atoms with Gasteiger partial charge in [-0.3, -0.25) is 4.79 Å². The van der Waals surface area contributed by atoms with Crippen LogP contribution in [-0.2, 0) is 13.1 Å². The smallest absolute Gasteiger partial charge is 0.272 e. The second-order valence-electron chi connectivity index (χ2n) is 6.04. The molecule has 0 bridgehead atoms. The van der Waals surface area contributed by atoms with Crippen molar-refractivity contribution >= 4 is 11.7 Å². The van der Waals surface area contributed by atoms with Gasteiger partial charge < -0.3 is 20.1 Å². The van der Waals surface area contributed by atoms with Gasteiger partial charge in [-0.25, -0.2) is 0 Å². The zero-order valence-electron chi connectivity index (χ0n) is 15.8. The summed E-state index contributed by atoms with van der Waals surface area (Å²) in [6.07, 6.45) is 0. The van der Waals surface area contributed by atoms with Gasteiger partial charge in [0.05, 0.1) is 14.2 Å². The molecule has 0 saturated heterocycles. The molecule has 0 aliphatic rings. The van der Waals surface area contributed by atoms with Gasteiger partial charge in [-0.05, 0) is 47.5 Å². The van der Waals surface area contributed by atoms with E-state index in [0.29, 0.717) is 18.9 Å². The third-order valence-electron chi connectivity index (χ3n) is 4.14. The highest BCUT2D eigenvalue weighted by Crippen LogP contribution is 2.13. The predicted molar refractivity (Wildman–Crippen MR) is 107 cm³/mol. The van der Waals surface area contributed by atoms with E-state index in [2.05, 4.69) is 20.8 Å². The van der Waals surface area contributed by atoms with Gasteiger partial charge in [0, 0.05) is 13.1 Å². The van der Waals surface area contributed by atoms with Crippen LogP contribution in [0.25, 0.3) is 0 Å². The lowest BCUT2D eigenvalue weighted by Gasteiger charge is -2.08. The summed E-state index contributed by atoms with van der Waals surface area (Å²) in [4.78, 5) is 12.2. The van der Waals surface area contributed by atoms with Crippen molar-refractivity contribution in [3.05, 3.63) is 77.5 Å². The lowest BCUT2D eigenvalue weighted by atomic mass is 10.2. The third kappa shape index (κ3) is 5.20. The number of ether oxygens (including phenoxy) is 2. The number of hydrogen-bond acceptors (Lipinski definition) is 6. The fraction of sp³-hybridized carbons (Fsp3) is 0.190. The summed E-state index contributed by atoms with van der Waals surface area (Å²) < 4.78 is 10.3. The zero-order valence-corrected chi connectivity index (χ0v) is 15.8. The summed E-state index contributed by atoms with van der Waals surface area (Å²) in [6.45, 7) is 1.00. The van der Waals surface area contributed by atoms with E-state index in [1.807, 2.05) is 48.5 Å². The van der Waals surface area contributed by atoms with Crippen LogP contribution in [0.4, 0.5) is 5.82 Å².